The van der Waals surface area contributed by atoms with Gasteiger partial charge in [0.25, 0.3) is 5.91 Å². The van der Waals surface area contributed by atoms with Crippen LogP contribution in [0.15, 0.2) is 46.1 Å². The molecule has 27 heavy (non-hydrogen) atoms. The highest BCUT2D eigenvalue weighted by Gasteiger charge is 2.37. The Hall–Kier alpha value is -2.76. The lowest BCUT2D eigenvalue weighted by Crippen LogP contribution is -2.36. The van der Waals surface area contributed by atoms with Crippen molar-refractivity contribution >= 4 is 18.1 Å². The fourth-order valence-electron chi connectivity index (χ4n) is 3.44. The lowest BCUT2D eigenvalue weighted by molar-refractivity contribution is -0.138. The molecule has 0 N–H and O–H groups in total. The van der Waals surface area contributed by atoms with Gasteiger partial charge in [-0.15, -0.1) is 0 Å². The van der Waals surface area contributed by atoms with Gasteiger partial charge >= 0.3 is 5.97 Å². The van der Waals surface area contributed by atoms with E-state index in [4.69, 9.17) is 4.74 Å². The third kappa shape index (κ3) is 3.56. The molecule has 0 aromatic heterocycles. The van der Waals surface area contributed by atoms with E-state index in [0.717, 1.165) is 11.1 Å². The fraction of sp³-hybridized carbons (Fsp3) is 0.381. The zero-order chi connectivity index (χ0) is 19.8. The Morgan fingerprint density at radius 1 is 1.33 bits per heavy atom. The van der Waals surface area contributed by atoms with Gasteiger partial charge in [0, 0.05) is 35.5 Å². The van der Waals surface area contributed by atoms with Crippen LogP contribution in [0, 0.1) is 18.2 Å². The molecule has 1 aromatic carbocycles. The number of aliphatic imine (C=N–C) groups is 1. The molecule has 3 rings (SSSR count). The van der Waals surface area contributed by atoms with Gasteiger partial charge in [-0.2, -0.15) is 0 Å². The minimum Gasteiger partial charge on any atom is -0.462 e. The van der Waals surface area contributed by atoms with Crippen molar-refractivity contribution in [3.05, 3.63) is 58.1 Å². The van der Waals surface area contributed by atoms with Gasteiger partial charge in [-0.1, -0.05) is 13.8 Å². The number of esters is 1. The molecular weight excluding hydrogens is 347 g/mol. The molecule has 0 saturated carbocycles. The van der Waals surface area contributed by atoms with Crippen LogP contribution in [0.2, 0.25) is 0 Å². The smallest absolute Gasteiger partial charge is 0.340 e. The predicted molar refractivity (Wildman–Crippen MR) is 101 cm³/mol. The topological polar surface area (TPSA) is 59.0 Å². The maximum absolute atomic E-state index is 13.6. The van der Waals surface area contributed by atoms with Gasteiger partial charge in [0.15, 0.2) is 0 Å². The number of benzene rings is 1. The maximum atomic E-state index is 13.6. The lowest BCUT2D eigenvalue weighted by Gasteiger charge is -2.30. The van der Waals surface area contributed by atoms with Crippen molar-refractivity contribution in [1.82, 2.24) is 4.90 Å². The molecule has 2 aliphatic heterocycles. The number of hydrogen-bond acceptors (Lipinski definition) is 4. The van der Waals surface area contributed by atoms with Gasteiger partial charge in [-0.05, 0) is 43.2 Å². The van der Waals surface area contributed by atoms with E-state index in [9.17, 15) is 14.0 Å². The first-order chi connectivity index (χ1) is 12.7. The molecule has 0 atom stereocenters. The first-order valence-electron chi connectivity index (χ1n) is 8.94. The van der Waals surface area contributed by atoms with Gasteiger partial charge in [-0.25, -0.2) is 9.18 Å². The van der Waals surface area contributed by atoms with Crippen molar-refractivity contribution in [1.29, 1.82) is 0 Å². The van der Waals surface area contributed by atoms with Gasteiger partial charge in [0.05, 0.1) is 18.7 Å². The number of ether oxygens (including phenoxy) is 1. The van der Waals surface area contributed by atoms with Crippen molar-refractivity contribution in [2.45, 2.75) is 27.7 Å². The van der Waals surface area contributed by atoms with Crippen LogP contribution >= 0.6 is 0 Å². The molecule has 1 amide bonds. The average Bonchev–Trinajstić information content (AvgIpc) is 3.07. The van der Waals surface area contributed by atoms with Crippen LogP contribution in [-0.4, -0.2) is 42.7 Å². The third-order valence-corrected chi connectivity index (χ3v) is 4.91. The second kappa shape index (κ2) is 7.10. The number of carbonyl (C=O) groups is 2. The number of aryl methyl sites for hydroxylation is 1. The molecule has 0 unspecified atom stereocenters. The summed E-state index contributed by atoms with van der Waals surface area (Å²) in [5.74, 6) is -1.13. The Kier molecular flexibility index (Phi) is 5.00. The molecule has 0 fully saturated rings. The number of nitrogens with zero attached hydrogens (tertiary/aromatic N) is 2. The standard InChI is InChI=1S/C21H23FN2O3/c1-5-27-20(26)16-11-24(12-21(3,4)17-10-23-9-15(16)17)19(25)14-6-7-18(22)13(2)8-14/h6-9,11H,5,10,12H2,1-4H3. The summed E-state index contributed by atoms with van der Waals surface area (Å²) in [6.45, 7) is 8.52. The molecule has 0 bridgehead atoms. The number of halogens is 1. The molecular formula is C21H23FN2O3. The molecule has 0 aliphatic carbocycles. The van der Waals surface area contributed by atoms with Gasteiger partial charge in [0.2, 0.25) is 0 Å². The minimum absolute atomic E-state index is 0.241. The zero-order valence-electron chi connectivity index (χ0n) is 16.0. The molecule has 0 spiro atoms. The number of rotatable bonds is 3. The SMILES string of the molecule is CCOC(=O)C1=CN(C(=O)c2ccc(F)c(C)c2)CC(C)(C)C2=C1C=NC2. The van der Waals surface area contributed by atoms with Crippen LogP contribution < -0.4 is 0 Å². The predicted octanol–water partition coefficient (Wildman–Crippen LogP) is 3.44. The molecule has 0 radical (unpaired) electrons. The average molecular weight is 370 g/mol. The fourth-order valence-corrected chi connectivity index (χ4v) is 3.44. The third-order valence-electron chi connectivity index (χ3n) is 4.91. The molecule has 6 heteroatoms. The minimum atomic E-state index is -0.482. The molecule has 1 aromatic rings. The first kappa shape index (κ1) is 19.0. The van der Waals surface area contributed by atoms with Crippen molar-refractivity contribution in [2.24, 2.45) is 10.4 Å². The van der Waals surface area contributed by atoms with E-state index in [2.05, 4.69) is 4.99 Å². The highest BCUT2D eigenvalue weighted by atomic mass is 19.1. The largest absolute Gasteiger partial charge is 0.462 e. The summed E-state index contributed by atoms with van der Waals surface area (Å²) < 4.78 is 18.8. The summed E-state index contributed by atoms with van der Waals surface area (Å²) in [7, 11) is 0. The molecule has 142 valence electrons. The molecule has 0 saturated heterocycles. The van der Waals surface area contributed by atoms with Gasteiger partial charge in [-0.3, -0.25) is 9.79 Å². The normalized spacial score (nSPS) is 18.1. The Morgan fingerprint density at radius 2 is 2.07 bits per heavy atom. The van der Waals surface area contributed by atoms with E-state index in [0.29, 0.717) is 29.8 Å². The van der Waals surface area contributed by atoms with E-state index in [1.165, 1.54) is 23.1 Å². The molecule has 2 aliphatic rings. The first-order valence-corrected chi connectivity index (χ1v) is 8.94. The van der Waals surface area contributed by atoms with E-state index >= 15 is 0 Å². The zero-order valence-corrected chi connectivity index (χ0v) is 16.0. The van der Waals surface area contributed by atoms with Crippen LogP contribution in [0.1, 0.15) is 36.7 Å². The van der Waals surface area contributed by atoms with Crippen molar-refractivity contribution < 1.29 is 18.7 Å². The Morgan fingerprint density at radius 3 is 2.74 bits per heavy atom. The monoisotopic (exact) mass is 370 g/mol. The van der Waals surface area contributed by atoms with Crippen molar-refractivity contribution in [2.75, 3.05) is 19.7 Å². The van der Waals surface area contributed by atoms with Crippen molar-refractivity contribution in [3.63, 3.8) is 0 Å². The Bertz CT molecular complexity index is 897. The van der Waals surface area contributed by atoms with E-state index in [1.54, 1.807) is 26.3 Å². The summed E-state index contributed by atoms with van der Waals surface area (Å²) in [6, 6.07) is 4.27. The highest BCUT2D eigenvalue weighted by molar-refractivity contribution is 6.06. The van der Waals surface area contributed by atoms with Crippen molar-refractivity contribution in [3.8, 4) is 0 Å². The van der Waals surface area contributed by atoms with E-state index in [1.807, 2.05) is 13.8 Å². The van der Waals surface area contributed by atoms with Crippen LogP contribution in [0.3, 0.4) is 0 Å². The summed E-state index contributed by atoms with van der Waals surface area (Å²) in [4.78, 5) is 31.5. The van der Waals surface area contributed by atoms with Crippen LogP contribution in [0.25, 0.3) is 0 Å². The second-order valence-electron chi connectivity index (χ2n) is 7.41. The summed E-state index contributed by atoms with van der Waals surface area (Å²) in [5.41, 5.74) is 2.46. The Balaban J connectivity index is 2.06. The number of hydrogen-bond donors (Lipinski definition) is 0. The maximum Gasteiger partial charge on any atom is 0.340 e. The van der Waals surface area contributed by atoms with E-state index in [-0.39, 0.29) is 23.7 Å². The summed E-state index contributed by atoms with van der Waals surface area (Å²) in [5, 5.41) is 0. The summed E-state index contributed by atoms with van der Waals surface area (Å²) >= 11 is 0. The van der Waals surface area contributed by atoms with Gasteiger partial charge < -0.3 is 9.64 Å². The van der Waals surface area contributed by atoms with Crippen LogP contribution in [0.5, 0.6) is 0 Å². The molecule has 5 nitrogen and oxygen atoms in total. The molecule has 2 heterocycles. The number of amides is 1. The highest BCUT2D eigenvalue weighted by Crippen LogP contribution is 2.38. The Labute approximate surface area is 158 Å². The van der Waals surface area contributed by atoms with Gasteiger partial charge in [0.1, 0.15) is 5.82 Å². The lowest BCUT2D eigenvalue weighted by atomic mass is 9.81. The summed E-state index contributed by atoms with van der Waals surface area (Å²) in [6.07, 6.45) is 3.22. The van der Waals surface area contributed by atoms with Crippen LogP contribution in [0.4, 0.5) is 4.39 Å². The van der Waals surface area contributed by atoms with E-state index < -0.39 is 5.97 Å². The quantitative estimate of drug-likeness (QED) is 0.766. The second-order valence-corrected chi connectivity index (χ2v) is 7.41. The van der Waals surface area contributed by atoms with Crippen LogP contribution in [-0.2, 0) is 9.53 Å². The number of carbonyl (C=O) groups excluding carboxylic acids is 2.